The lowest BCUT2D eigenvalue weighted by Gasteiger charge is -2.19. The first-order valence-electron chi connectivity index (χ1n) is 8.42. The zero-order valence-electron chi connectivity index (χ0n) is 14.8. The molecule has 9 heteroatoms. The van der Waals surface area contributed by atoms with Crippen LogP contribution in [0.5, 0.6) is 0 Å². The molecule has 1 atom stereocenters. The van der Waals surface area contributed by atoms with Crippen molar-refractivity contribution >= 4 is 23.0 Å². The maximum Gasteiger partial charge on any atom is 0.268 e. The fourth-order valence-corrected chi connectivity index (χ4v) is 2.94. The number of hydrogen-bond acceptors (Lipinski definition) is 6. The summed E-state index contributed by atoms with van der Waals surface area (Å²) in [5.74, 6) is -0.117. The topological polar surface area (TPSA) is 98.4 Å². The molecular weight excluding hydrogens is 359 g/mol. The molecule has 0 spiro atoms. The van der Waals surface area contributed by atoms with E-state index >= 15 is 0 Å². The number of imidazole rings is 1. The largest absolute Gasteiger partial charge is 0.392 e. The molecule has 0 radical (unpaired) electrons. The minimum atomic E-state index is -0.543. The molecule has 0 saturated heterocycles. The van der Waals surface area contributed by atoms with E-state index in [1.165, 1.54) is 6.33 Å². The second-order valence-corrected chi connectivity index (χ2v) is 6.10. The number of benzene rings is 1. The van der Waals surface area contributed by atoms with Crippen molar-refractivity contribution in [3.63, 3.8) is 0 Å². The highest BCUT2D eigenvalue weighted by atomic mass is 19.1. The van der Waals surface area contributed by atoms with E-state index in [1.54, 1.807) is 6.07 Å². The van der Waals surface area contributed by atoms with E-state index in [9.17, 15) is 4.39 Å². The summed E-state index contributed by atoms with van der Waals surface area (Å²) in [5, 5.41) is 7.63. The van der Waals surface area contributed by atoms with E-state index in [2.05, 4.69) is 30.2 Å². The number of hydrogen-bond donors (Lipinski definition) is 2. The average molecular weight is 374 g/mol. The van der Waals surface area contributed by atoms with Crippen molar-refractivity contribution < 1.29 is 4.39 Å². The molecule has 8 nitrogen and oxygen atoms in total. The summed E-state index contributed by atoms with van der Waals surface area (Å²) < 4.78 is 15.2. The number of nitrogens with two attached hydrogens (primary N) is 1. The number of aromatic nitrogens is 5. The third kappa shape index (κ3) is 2.97. The molecule has 0 aliphatic heterocycles. The SMILES string of the molecule is [C-]#[N+]c1c(N)ncnc1N[C@@H](C)c1cc2ncc(F)n2nc1-c1ccccc1. The molecule has 3 N–H and O–H groups in total. The zero-order chi connectivity index (χ0) is 19.7. The van der Waals surface area contributed by atoms with Crippen LogP contribution in [0.15, 0.2) is 48.9 Å². The summed E-state index contributed by atoms with van der Waals surface area (Å²) in [7, 11) is 0. The summed E-state index contributed by atoms with van der Waals surface area (Å²) in [6.45, 7) is 9.21. The number of nitrogen functional groups attached to an aromatic ring is 1. The standard InChI is InChI=1S/C19H15FN8/c1-11(26-19-17(22-2)18(21)24-10-25-19)13-8-15-23-9-14(20)28(15)27-16(13)12-6-4-3-5-7-12/h3-11H,1H3,(H3,21,24,25,26)/t11-/m0/s1. The van der Waals surface area contributed by atoms with Gasteiger partial charge in [-0.1, -0.05) is 30.3 Å². The third-order valence-corrected chi connectivity index (χ3v) is 4.31. The molecule has 138 valence electrons. The molecule has 0 aliphatic rings. The van der Waals surface area contributed by atoms with Gasteiger partial charge >= 0.3 is 0 Å². The smallest absolute Gasteiger partial charge is 0.268 e. The lowest BCUT2D eigenvalue weighted by Crippen LogP contribution is -2.12. The predicted molar refractivity (Wildman–Crippen MR) is 103 cm³/mol. The Morgan fingerprint density at radius 2 is 2.00 bits per heavy atom. The van der Waals surface area contributed by atoms with Gasteiger partial charge < -0.3 is 11.1 Å². The summed E-state index contributed by atoms with van der Waals surface area (Å²) in [6, 6.07) is 10.9. The lowest BCUT2D eigenvalue weighted by atomic mass is 10.0. The van der Waals surface area contributed by atoms with Gasteiger partial charge in [-0.3, -0.25) is 0 Å². The van der Waals surface area contributed by atoms with Gasteiger partial charge in [0.1, 0.15) is 18.0 Å². The molecule has 0 bridgehead atoms. The Morgan fingerprint density at radius 3 is 2.75 bits per heavy atom. The van der Waals surface area contributed by atoms with E-state index in [-0.39, 0.29) is 17.5 Å². The summed E-state index contributed by atoms with van der Waals surface area (Å²) in [6.07, 6.45) is 2.42. The van der Waals surface area contributed by atoms with Crippen LogP contribution in [0.4, 0.5) is 21.7 Å². The van der Waals surface area contributed by atoms with Crippen LogP contribution in [0, 0.1) is 12.5 Å². The third-order valence-electron chi connectivity index (χ3n) is 4.31. The second kappa shape index (κ2) is 6.92. The van der Waals surface area contributed by atoms with E-state index in [4.69, 9.17) is 12.3 Å². The van der Waals surface area contributed by atoms with Gasteiger partial charge in [-0.15, -0.1) is 0 Å². The normalized spacial score (nSPS) is 11.9. The Hall–Kier alpha value is -4.06. The Labute approximate surface area is 159 Å². The molecule has 3 aromatic heterocycles. The summed E-state index contributed by atoms with van der Waals surface area (Å²) in [5.41, 5.74) is 8.50. The van der Waals surface area contributed by atoms with Crippen molar-refractivity contribution in [1.82, 2.24) is 24.6 Å². The maximum absolute atomic E-state index is 14.0. The minimum absolute atomic E-state index is 0.104. The first-order valence-corrected chi connectivity index (χ1v) is 8.42. The second-order valence-electron chi connectivity index (χ2n) is 6.10. The van der Waals surface area contributed by atoms with Gasteiger partial charge in [-0.05, 0) is 13.0 Å². The highest BCUT2D eigenvalue weighted by Gasteiger charge is 2.19. The summed E-state index contributed by atoms with van der Waals surface area (Å²) in [4.78, 5) is 15.4. The molecule has 0 saturated carbocycles. The zero-order valence-corrected chi connectivity index (χ0v) is 14.8. The van der Waals surface area contributed by atoms with E-state index in [0.29, 0.717) is 17.2 Å². The number of anilines is 2. The molecule has 0 aliphatic carbocycles. The van der Waals surface area contributed by atoms with E-state index < -0.39 is 5.95 Å². The molecule has 28 heavy (non-hydrogen) atoms. The van der Waals surface area contributed by atoms with Crippen LogP contribution in [0.3, 0.4) is 0 Å². The van der Waals surface area contributed by atoms with Gasteiger partial charge in [0, 0.05) is 11.1 Å². The van der Waals surface area contributed by atoms with Crippen LogP contribution in [0.25, 0.3) is 21.7 Å². The number of rotatable bonds is 4. The van der Waals surface area contributed by atoms with E-state index in [0.717, 1.165) is 21.8 Å². The van der Waals surface area contributed by atoms with Gasteiger partial charge in [0.05, 0.1) is 24.5 Å². The van der Waals surface area contributed by atoms with Crippen LogP contribution in [-0.4, -0.2) is 24.6 Å². The van der Waals surface area contributed by atoms with Gasteiger partial charge in [-0.25, -0.2) is 19.8 Å². The van der Waals surface area contributed by atoms with Gasteiger partial charge in [-0.2, -0.15) is 14.0 Å². The molecule has 4 rings (SSSR count). The Balaban J connectivity index is 1.83. The molecule has 0 fully saturated rings. The average Bonchev–Trinajstić information content (AvgIpc) is 3.08. The first-order chi connectivity index (χ1) is 13.6. The van der Waals surface area contributed by atoms with Crippen molar-refractivity contribution in [2.24, 2.45) is 0 Å². The first kappa shape index (κ1) is 17.4. The number of nitrogens with one attached hydrogen (secondary N) is 1. The van der Waals surface area contributed by atoms with E-state index in [1.807, 2.05) is 37.3 Å². The lowest BCUT2D eigenvalue weighted by molar-refractivity contribution is 0.549. The van der Waals surface area contributed by atoms with Crippen LogP contribution in [0.2, 0.25) is 0 Å². The highest BCUT2D eigenvalue weighted by Crippen LogP contribution is 2.33. The Morgan fingerprint density at radius 1 is 1.21 bits per heavy atom. The van der Waals surface area contributed by atoms with Gasteiger partial charge in [0.15, 0.2) is 5.65 Å². The molecule has 1 aromatic carbocycles. The van der Waals surface area contributed by atoms with Crippen LogP contribution in [-0.2, 0) is 0 Å². The quantitative estimate of drug-likeness (QED) is 0.529. The van der Waals surface area contributed by atoms with Crippen LogP contribution in [0.1, 0.15) is 18.5 Å². The Bertz CT molecular complexity index is 1200. The number of fused-ring (bicyclic) bond motifs is 1. The van der Waals surface area contributed by atoms with Crippen molar-refractivity contribution in [2.45, 2.75) is 13.0 Å². The molecule has 0 amide bonds. The Kier molecular flexibility index (Phi) is 4.29. The van der Waals surface area contributed by atoms with Crippen molar-refractivity contribution in [3.05, 3.63) is 71.9 Å². The van der Waals surface area contributed by atoms with Crippen LogP contribution >= 0.6 is 0 Å². The van der Waals surface area contributed by atoms with Gasteiger partial charge in [0.2, 0.25) is 5.95 Å². The molecule has 4 aromatic rings. The van der Waals surface area contributed by atoms with Crippen molar-refractivity contribution in [2.75, 3.05) is 11.1 Å². The van der Waals surface area contributed by atoms with Crippen molar-refractivity contribution in [1.29, 1.82) is 0 Å². The molecular formula is C19H15FN8. The number of nitrogens with zero attached hydrogens (tertiary/aromatic N) is 6. The fourth-order valence-electron chi connectivity index (χ4n) is 2.94. The molecule has 0 unspecified atom stereocenters. The number of halogens is 1. The van der Waals surface area contributed by atoms with Crippen LogP contribution < -0.4 is 11.1 Å². The maximum atomic E-state index is 14.0. The van der Waals surface area contributed by atoms with Crippen molar-refractivity contribution in [3.8, 4) is 11.3 Å². The minimum Gasteiger partial charge on any atom is -0.392 e. The highest BCUT2D eigenvalue weighted by molar-refractivity contribution is 5.76. The van der Waals surface area contributed by atoms with Gasteiger partial charge in [0.25, 0.3) is 5.69 Å². The fraction of sp³-hybridized carbons (Fsp3) is 0.105. The predicted octanol–water partition coefficient (Wildman–Crippen LogP) is 3.63. The summed E-state index contributed by atoms with van der Waals surface area (Å²) >= 11 is 0. The molecule has 3 heterocycles. The monoisotopic (exact) mass is 374 g/mol.